The number of benzene rings is 1. The molecule has 0 fully saturated rings. The third-order valence-electron chi connectivity index (χ3n) is 4.39. The van der Waals surface area contributed by atoms with Gasteiger partial charge in [-0.05, 0) is 17.9 Å². The molecule has 5 nitrogen and oxygen atoms in total. The number of nitrogens with zero attached hydrogens (tertiary/aromatic N) is 1. The number of nitrogens with one attached hydrogen (secondary N) is 1. The van der Waals surface area contributed by atoms with Crippen LogP contribution in [0, 0.1) is 5.92 Å². The molecule has 0 saturated heterocycles. The Hall–Kier alpha value is -1.53. The lowest BCUT2D eigenvalue weighted by Crippen LogP contribution is -2.55. The number of amides is 2. The van der Waals surface area contributed by atoms with Crippen LogP contribution in [0.2, 0.25) is 0 Å². The summed E-state index contributed by atoms with van der Waals surface area (Å²) in [4.78, 5) is 27.6. The molecule has 0 aliphatic heterocycles. The van der Waals surface area contributed by atoms with Crippen molar-refractivity contribution in [2.24, 2.45) is 11.7 Å². The first-order chi connectivity index (χ1) is 13.0. The zero-order chi connectivity index (χ0) is 21.3. The van der Waals surface area contributed by atoms with Crippen molar-refractivity contribution in [1.29, 1.82) is 0 Å². The van der Waals surface area contributed by atoms with Gasteiger partial charge in [0.15, 0.2) is 0 Å². The summed E-state index contributed by atoms with van der Waals surface area (Å²) in [7, 11) is 1.61. The average Bonchev–Trinajstić information content (AvgIpc) is 2.62. The van der Waals surface area contributed by atoms with Gasteiger partial charge in [0, 0.05) is 30.5 Å². The molecule has 1 rings (SSSR count). The number of hydrogen-bond donors (Lipinski definition) is 2. The van der Waals surface area contributed by atoms with E-state index in [1.54, 1.807) is 23.7 Å². The normalized spacial score (nSPS) is 13.9. The van der Waals surface area contributed by atoms with Crippen LogP contribution < -0.4 is 11.1 Å². The summed E-state index contributed by atoms with van der Waals surface area (Å²) in [6, 6.07) is 8.64. The molecule has 0 bridgehead atoms. The molecule has 0 unspecified atom stereocenters. The predicted molar refractivity (Wildman–Crippen MR) is 119 cm³/mol. The second-order valence-electron chi connectivity index (χ2n) is 8.55. The molecule has 3 N–H and O–H groups in total. The number of thioether (sulfide) groups is 1. The van der Waals surface area contributed by atoms with E-state index in [2.05, 4.69) is 26.1 Å². The van der Waals surface area contributed by atoms with E-state index in [0.717, 1.165) is 11.3 Å². The second-order valence-corrected chi connectivity index (χ2v) is 10.5. The minimum Gasteiger partial charge on any atom is -0.357 e. The van der Waals surface area contributed by atoms with Gasteiger partial charge in [-0.1, -0.05) is 65.0 Å². The van der Waals surface area contributed by atoms with Gasteiger partial charge in [0.2, 0.25) is 11.8 Å². The van der Waals surface area contributed by atoms with Crippen LogP contribution in [-0.4, -0.2) is 52.9 Å². The van der Waals surface area contributed by atoms with Gasteiger partial charge in [-0.15, -0.1) is 0 Å². The van der Waals surface area contributed by atoms with E-state index in [1.807, 2.05) is 44.2 Å². The number of rotatable bonds is 10. The van der Waals surface area contributed by atoms with Crippen LogP contribution in [0.3, 0.4) is 0 Å². The summed E-state index contributed by atoms with van der Waals surface area (Å²) in [6.07, 6.45) is 1.08. The molecule has 158 valence electrons. The monoisotopic (exact) mass is 407 g/mol. The Morgan fingerprint density at radius 1 is 1.18 bits per heavy atom. The van der Waals surface area contributed by atoms with E-state index in [-0.39, 0.29) is 16.6 Å². The van der Waals surface area contributed by atoms with Crippen molar-refractivity contribution in [3.8, 4) is 0 Å². The van der Waals surface area contributed by atoms with E-state index < -0.39 is 12.1 Å². The molecule has 0 spiro atoms. The molecule has 0 heterocycles. The van der Waals surface area contributed by atoms with E-state index in [9.17, 15) is 9.59 Å². The second kappa shape index (κ2) is 11.5. The maximum Gasteiger partial charge on any atom is 0.242 e. The first kappa shape index (κ1) is 24.5. The molecule has 0 aliphatic rings. The van der Waals surface area contributed by atoms with Gasteiger partial charge in [0.1, 0.15) is 6.04 Å². The van der Waals surface area contributed by atoms with Crippen molar-refractivity contribution in [2.75, 3.05) is 19.3 Å². The SMILES string of the molecule is CNC(=O)[C@H](Cc1ccccc1)N(CCSC(C)(C)C)C(=O)[C@@H](N)CC(C)C. The average molecular weight is 408 g/mol. The number of hydrogen-bond acceptors (Lipinski definition) is 4. The van der Waals surface area contributed by atoms with Gasteiger partial charge in [-0.25, -0.2) is 0 Å². The third kappa shape index (κ3) is 8.65. The number of nitrogens with two attached hydrogens (primary N) is 1. The van der Waals surface area contributed by atoms with Crippen LogP contribution >= 0.6 is 11.8 Å². The summed E-state index contributed by atoms with van der Waals surface area (Å²) in [6.45, 7) is 11.0. The van der Waals surface area contributed by atoms with Crippen molar-refractivity contribution in [1.82, 2.24) is 10.2 Å². The van der Waals surface area contributed by atoms with E-state index in [0.29, 0.717) is 25.3 Å². The predicted octanol–water partition coefficient (Wildman–Crippen LogP) is 3.08. The highest BCUT2D eigenvalue weighted by Crippen LogP contribution is 2.24. The third-order valence-corrected chi connectivity index (χ3v) is 5.64. The van der Waals surface area contributed by atoms with Gasteiger partial charge < -0.3 is 16.0 Å². The summed E-state index contributed by atoms with van der Waals surface area (Å²) in [5.41, 5.74) is 7.24. The lowest BCUT2D eigenvalue weighted by atomic mass is 10.00. The maximum atomic E-state index is 13.2. The summed E-state index contributed by atoms with van der Waals surface area (Å²) < 4.78 is 0.0940. The molecular formula is C22H37N3O2S. The molecule has 0 aromatic heterocycles. The van der Waals surface area contributed by atoms with E-state index in [1.165, 1.54) is 0 Å². The summed E-state index contributed by atoms with van der Waals surface area (Å²) in [5.74, 6) is 0.770. The topological polar surface area (TPSA) is 75.4 Å². The van der Waals surface area contributed by atoms with Gasteiger partial charge in [-0.2, -0.15) is 11.8 Å². The minimum absolute atomic E-state index is 0.0940. The molecule has 0 aliphatic carbocycles. The van der Waals surface area contributed by atoms with Gasteiger partial charge in [0.25, 0.3) is 0 Å². The van der Waals surface area contributed by atoms with Crippen LogP contribution in [0.5, 0.6) is 0 Å². The van der Waals surface area contributed by atoms with Crippen LogP contribution in [0.25, 0.3) is 0 Å². The van der Waals surface area contributed by atoms with Crippen molar-refractivity contribution >= 4 is 23.6 Å². The van der Waals surface area contributed by atoms with Crippen molar-refractivity contribution in [3.05, 3.63) is 35.9 Å². The van der Waals surface area contributed by atoms with Crippen LogP contribution in [0.4, 0.5) is 0 Å². The molecule has 2 amide bonds. The smallest absolute Gasteiger partial charge is 0.242 e. The van der Waals surface area contributed by atoms with E-state index >= 15 is 0 Å². The Kier molecular flexibility index (Phi) is 10.0. The summed E-state index contributed by atoms with van der Waals surface area (Å²) in [5, 5.41) is 2.73. The van der Waals surface area contributed by atoms with Crippen molar-refractivity contribution in [2.45, 2.75) is 64.3 Å². The van der Waals surface area contributed by atoms with Gasteiger partial charge in [-0.3, -0.25) is 9.59 Å². The van der Waals surface area contributed by atoms with Gasteiger partial charge in [0.05, 0.1) is 6.04 Å². The van der Waals surface area contributed by atoms with Crippen molar-refractivity contribution in [3.63, 3.8) is 0 Å². The minimum atomic E-state index is -0.595. The van der Waals surface area contributed by atoms with Crippen molar-refractivity contribution < 1.29 is 9.59 Å². The molecular weight excluding hydrogens is 370 g/mol. The molecule has 0 radical (unpaired) electrons. The van der Waals surface area contributed by atoms with E-state index in [4.69, 9.17) is 5.73 Å². The first-order valence-corrected chi connectivity index (χ1v) is 11.0. The fourth-order valence-electron chi connectivity index (χ4n) is 3.04. The Labute approximate surface area is 174 Å². The Balaban J connectivity index is 3.10. The standard InChI is InChI=1S/C22H37N3O2S/c1-16(2)14-18(23)21(27)25(12-13-28-22(3,4)5)19(20(26)24-6)15-17-10-8-7-9-11-17/h7-11,16,18-19H,12-15,23H2,1-6H3,(H,24,26)/t18-,19-/m0/s1. The zero-order valence-corrected chi connectivity index (χ0v) is 19.0. The molecule has 28 heavy (non-hydrogen) atoms. The zero-order valence-electron chi connectivity index (χ0n) is 18.2. The first-order valence-electron chi connectivity index (χ1n) is 10.0. The van der Waals surface area contributed by atoms with Crippen LogP contribution in [-0.2, 0) is 16.0 Å². The molecule has 2 atom stereocenters. The molecule has 6 heteroatoms. The quantitative estimate of drug-likeness (QED) is 0.625. The number of carbonyl (C=O) groups excluding carboxylic acids is 2. The summed E-state index contributed by atoms with van der Waals surface area (Å²) >= 11 is 1.78. The Bertz CT molecular complexity index is 614. The lowest BCUT2D eigenvalue weighted by Gasteiger charge is -2.34. The lowest BCUT2D eigenvalue weighted by molar-refractivity contribution is -0.141. The number of carbonyl (C=O) groups is 2. The molecule has 0 saturated carbocycles. The highest BCUT2D eigenvalue weighted by Gasteiger charge is 2.32. The Morgan fingerprint density at radius 3 is 2.29 bits per heavy atom. The highest BCUT2D eigenvalue weighted by atomic mass is 32.2. The fraction of sp³-hybridized carbons (Fsp3) is 0.636. The molecule has 1 aromatic rings. The highest BCUT2D eigenvalue weighted by molar-refractivity contribution is 8.00. The molecule has 1 aromatic carbocycles. The Morgan fingerprint density at radius 2 is 1.79 bits per heavy atom. The fourth-order valence-corrected chi connectivity index (χ4v) is 3.94. The van der Waals surface area contributed by atoms with Crippen LogP contribution in [0.1, 0.15) is 46.6 Å². The van der Waals surface area contributed by atoms with Gasteiger partial charge >= 0.3 is 0 Å². The largest absolute Gasteiger partial charge is 0.357 e. The number of likely N-dealkylation sites (N-methyl/N-ethyl adjacent to an activating group) is 1. The maximum absolute atomic E-state index is 13.2. The van der Waals surface area contributed by atoms with Crippen LogP contribution in [0.15, 0.2) is 30.3 Å².